The summed E-state index contributed by atoms with van der Waals surface area (Å²) in [6.07, 6.45) is 0. The van der Waals surface area contributed by atoms with E-state index >= 15 is 0 Å². The molecule has 3 heterocycles. The number of thiazole rings is 1. The van der Waals surface area contributed by atoms with Crippen molar-refractivity contribution in [3.63, 3.8) is 0 Å². The summed E-state index contributed by atoms with van der Waals surface area (Å²) in [6.45, 7) is 2.13. The van der Waals surface area contributed by atoms with Crippen molar-refractivity contribution in [2.75, 3.05) is 10.2 Å². The monoisotopic (exact) mass is 616 g/mol. The first-order valence-electron chi connectivity index (χ1n) is 14.0. The molecular weight excluding hydrogens is 592 g/mol. The van der Waals surface area contributed by atoms with Crippen LogP contribution in [-0.4, -0.2) is 16.4 Å². The van der Waals surface area contributed by atoms with Crippen molar-refractivity contribution in [3.05, 3.63) is 162 Å². The predicted octanol–water partition coefficient (Wildman–Crippen LogP) is 5.44. The Morgan fingerprint density at radius 1 is 0.886 bits per heavy atom. The molecule has 0 saturated heterocycles. The van der Waals surface area contributed by atoms with E-state index in [0.29, 0.717) is 50.0 Å². The van der Waals surface area contributed by atoms with Gasteiger partial charge in [0.15, 0.2) is 4.80 Å². The number of carbonyl (C=O) groups is 2. The number of amides is 2. The van der Waals surface area contributed by atoms with Gasteiger partial charge in [-0.3, -0.25) is 19.0 Å². The van der Waals surface area contributed by atoms with Gasteiger partial charge in [-0.2, -0.15) is 0 Å². The van der Waals surface area contributed by atoms with E-state index in [1.807, 2.05) is 72.8 Å². The maximum atomic E-state index is 14.4. The van der Waals surface area contributed by atoms with Crippen LogP contribution in [0.25, 0.3) is 5.57 Å². The minimum Gasteiger partial charge on any atom is -0.322 e. The second-order valence-corrected chi connectivity index (χ2v) is 12.0. The lowest BCUT2D eigenvalue weighted by Crippen LogP contribution is -2.41. The Bertz CT molecular complexity index is 2150. The number of anilines is 2. The van der Waals surface area contributed by atoms with E-state index < -0.39 is 6.04 Å². The van der Waals surface area contributed by atoms with Crippen LogP contribution in [0.1, 0.15) is 29.7 Å². The minimum absolute atomic E-state index is 0.249. The third kappa shape index (κ3) is 4.78. The highest BCUT2D eigenvalue weighted by Gasteiger charge is 2.37. The van der Waals surface area contributed by atoms with Gasteiger partial charge in [0.25, 0.3) is 17.4 Å². The third-order valence-electron chi connectivity index (χ3n) is 7.79. The highest BCUT2D eigenvalue weighted by atomic mass is 35.5. The van der Waals surface area contributed by atoms with Gasteiger partial charge in [0.1, 0.15) is 4.53 Å². The largest absolute Gasteiger partial charge is 0.322 e. The van der Waals surface area contributed by atoms with Crippen LogP contribution in [0.3, 0.4) is 0 Å². The molecule has 7 nitrogen and oxygen atoms in total. The average Bonchev–Trinajstić information content (AvgIpc) is 3.49. The van der Waals surface area contributed by atoms with Crippen molar-refractivity contribution in [3.8, 4) is 0 Å². The van der Waals surface area contributed by atoms with Gasteiger partial charge in [-0.15, -0.1) is 0 Å². The number of aromatic nitrogens is 1. The SMILES string of the molecule is CC1=C(C(=O)Nc2ccccc2)[C@H](c2ccc(Cl)cc2)n2c(s/c(=C3\C(=O)N(Cc4ccccc4)c4ccccc43)c2=O)=N1. The van der Waals surface area contributed by atoms with Gasteiger partial charge in [-0.05, 0) is 48.4 Å². The smallest absolute Gasteiger partial charge is 0.271 e. The van der Waals surface area contributed by atoms with Crippen molar-refractivity contribution in [2.45, 2.75) is 19.5 Å². The van der Waals surface area contributed by atoms with Crippen molar-refractivity contribution < 1.29 is 9.59 Å². The molecule has 0 saturated carbocycles. The predicted molar refractivity (Wildman–Crippen MR) is 173 cm³/mol. The molecule has 2 aliphatic rings. The molecule has 1 N–H and O–H groups in total. The van der Waals surface area contributed by atoms with E-state index in [2.05, 4.69) is 5.32 Å². The van der Waals surface area contributed by atoms with Crippen LogP contribution in [-0.2, 0) is 16.1 Å². The Hall–Kier alpha value is -5.05. The van der Waals surface area contributed by atoms with E-state index in [9.17, 15) is 14.4 Å². The molecule has 0 fully saturated rings. The lowest BCUT2D eigenvalue weighted by Gasteiger charge is -2.25. The third-order valence-corrected chi connectivity index (χ3v) is 9.10. The zero-order valence-corrected chi connectivity index (χ0v) is 25.1. The summed E-state index contributed by atoms with van der Waals surface area (Å²) in [7, 11) is 0. The quantitative estimate of drug-likeness (QED) is 0.285. The number of allylic oxidation sites excluding steroid dienone is 1. The van der Waals surface area contributed by atoms with Gasteiger partial charge in [0.2, 0.25) is 0 Å². The van der Waals surface area contributed by atoms with E-state index in [1.165, 1.54) is 15.9 Å². The van der Waals surface area contributed by atoms with Crippen LogP contribution >= 0.6 is 22.9 Å². The van der Waals surface area contributed by atoms with Crippen molar-refractivity contribution >= 4 is 51.7 Å². The standard InChI is InChI=1S/C35H25ClN4O3S/c1-21-28(32(41)38-25-12-6-3-7-13-25)30(23-16-18-24(36)19-17-23)40-34(43)31(44-35(40)37-21)29-26-14-8-9-15-27(26)39(33(29)42)20-22-10-4-2-5-11-22/h2-19,30H,20H2,1H3,(H,38,41)/b31-29-/t30-/m0/s1. The summed E-state index contributed by atoms with van der Waals surface area (Å²) in [4.78, 5) is 49.2. The van der Waals surface area contributed by atoms with Gasteiger partial charge in [0.05, 0.1) is 35.1 Å². The van der Waals surface area contributed by atoms with Gasteiger partial charge in [-0.25, -0.2) is 4.99 Å². The Balaban J connectivity index is 1.41. The first kappa shape index (κ1) is 27.8. The summed E-state index contributed by atoms with van der Waals surface area (Å²) in [6, 6.07) is 32.7. The van der Waals surface area contributed by atoms with Crippen LogP contribution in [0.15, 0.2) is 130 Å². The molecule has 4 aromatic carbocycles. The van der Waals surface area contributed by atoms with Crippen LogP contribution in [0, 0.1) is 0 Å². The molecule has 44 heavy (non-hydrogen) atoms. The summed E-state index contributed by atoms with van der Waals surface area (Å²) in [5.41, 5.74) is 4.52. The molecule has 0 spiro atoms. The summed E-state index contributed by atoms with van der Waals surface area (Å²) < 4.78 is 1.81. The fourth-order valence-corrected chi connectivity index (χ4v) is 7.03. The number of halogens is 1. The number of nitrogens with zero attached hydrogens (tertiary/aromatic N) is 3. The molecule has 1 aromatic heterocycles. The maximum Gasteiger partial charge on any atom is 0.271 e. The zero-order valence-electron chi connectivity index (χ0n) is 23.5. The van der Waals surface area contributed by atoms with E-state index in [1.54, 1.807) is 48.2 Å². The number of para-hydroxylation sites is 2. The number of benzene rings is 4. The van der Waals surface area contributed by atoms with E-state index in [-0.39, 0.29) is 21.9 Å². The molecule has 0 unspecified atom stereocenters. The molecule has 1 atom stereocenters. The Morgan fingerprint density at radius 3 is 2.27 bits per heavy atom. The van der Waals surface area contributed by atoms with E-state index in [4.69, 9.17) is 16.6 Å². The molecule has 5 aromatic rings. The first-order chi connectivity index (χ1) is 21.4. The van der Waals surface area contributed by atoms with Gasteiger partial charge in [0, 0.05) is 16.3 Å². The second-order valence-electron chi connectivity index (χ2n) is 10.5. The molecule has 7 rings (SSSR count). The number of fused-ring (bicyclic) bond motifs is 2. The fourth-order valence-electron chi connectivity index (χ4n) is 5.76. The summed E-state index contributed by atoms with van der Waals surface area (Å²) in [5.74, 6) is -0.618. The minimum atomic E-state index is -0.784. The van der Waals surface area contributed by atoms with Crippen LogP contribution in [0.2, 0.25) is 5.02 Å². The van der Waals surface area contributed by atoms with Crippen molar-refractivity contribution in [1.82, 2.24) is 4.57 Å². The Morgan fingerprint density at radius 2 is 1.55 bits per heavy atom. The summed E-state index contributed by atoms with van der Waals surface area (Å²) in [5, 5.41) is 3.49. The molecule has 0 bridgehead atoms. The maximum absolute atomic E-state index is 14.4. The Labute approximate surface area is 261 Å². The van der Waals surface area contributed by atoms with Crippen molar-refractivity contribution in [1.29, 1.82) is 0 Å². The topological polar surface area (TPSA) is 83.8 Å². The normalized spacial score (nSPS) is 16.8. The van der Waals surface area contributed by atoms with Gasteiger partial charge < -0.3 is 10.2 Å². The fraction of sp³-hybridized carbons (Fsp3) is 0.0857. The average molecular weight is 617 g/mol. The molecule has 9 heteroatoms. The lowest BCUT2D eigenvalue weighted by atomic mass is 9.95. The lowest BCUT2D eigenvalue weighted by molar-refractivity contribution is -0.114. The highest BCUT2D eigenvalue weighted by molar-refractivity contribution is 7.07. The molecule has 0 radical (unpaired) electrons. The molecule has 2 amide bonds. The molecule has 2 aliphatic heterocycles. The number of nitrogens with one attached hydrogen (secondary N) is 1. The number of rotatable bonds is 5. The first-order valence-corrected chi connectivity index (χ1v) is 15.2. The van der Waals surface area contributed by atoms with Gasteiger partial charge >= 0.3 is 0 Å². The zero-order chi connectivity index (χ0) is 30.4. The molecular formula is C35H25ClN4O3S. The highest BCUT2D eigenvalue weighted by Crippen LogP contribution is 2.37. The van der Waals surface area contributed by atoms with Crippen LogP contribution < -0.4 is 25.1 Å². The van der Waals surface area contributed by atoms with Gasteiger partial charge in [-0.1, -0.05) is 102 Å². The second kappa shape index (κ2) is 11.2. The van der Waals surface area contributed by atoms with Crippen molar-refractivity contribution in [2.24, 2.45) is 4.99 Å². The van der Waals surface area contributed by atoms with Crippen LogP contribution in [0.5, 0.6) is 0 Å². The van der Waals surface area contributed by atoms with Crippen LogP contribution in [0.4, 0.5) is 11.4 Å². The summed E-state index contributed by atoms with van der Waals surface area (Å²) >= 11 is 7.39. The number of hydrogen-bond acceptors (Lipinski definition) is 5. The molecule has 216 valence electrons. The number of carbonyl (C=O) groups excluding carboxylic acids is 2. The molecule has 0 aliphatic carbocycles. The number of hydrogen-bond donors (Lipinski definition) is 1. The van der Waals surface area contributed by atoms with E-state index in [0.717, 1.165) is 11.3 Å². The Kier molecular flexibility index (Phi) is 7.08.